The quantitative estimate of drug-likeness (QED) is 0.824. The summed E-state index contributed by atoms with van der Waals surface area (Å²) in [5, 5.41) is 3.47. The molecule has 0 radical (unpaired) electrons. The molecule has 1 aromatic carbocycles. The number of nitrogens with one attached hydrogen (secondary N) is 1. The lowest BCUT2D eigenvalue weighted by Gasteiger charge is -2.16. The van der Waals surface area contributed by atoms with Gasteiger partial charge in [0.2, 0.25) is 0 Å². The Bertz CT molecular complexity index is 443. The molecule has 2 rings (SSSR count). The monoisotopic (exact) mass is 287 g/mol. The molecule has 1 aromatic heterocycles. The third kappa shape index (κ3) is 8.57. The molecule has 1 heterocycles. The third-order valence-corrected chi connectivity index (χ3v) is 2.90. The van der Waals surface area contributed by atoms with E-state index in [4.69, 9.17) is 5.73 Å². The summed E-state index contributed by atoms with van der Waals surface area (Å²) in [6.07, 6.45) is 6.79. The Hall–Kier alpha value is -2.17. The standard InChI is InChI=1S/C13H22N2.C3H3N3/c1-10(2)4-5-11(3)15-13-8-6-12(14)7-9-13;1-4-2-6-3-5-1/h6-11,15H,4-5,14H2,1-3H3;1-3H. The van der Waals surface area contributed by atoms with Crippen molar-refractivity contribution in [2.75, 3.05) is 11.1 Å². The smallest absolute Gasteiger partial charge is 0.119 e. The van der Waals surface area contributed by atoms with Gasteiger partial charge in [0.1, 0.15) is 19.0 Å². The molecule has 5 heteroatoms. The predicted octanol–water partition coefficient (Wildman–Crippen LogP) is 3.38. The van der Waals surface area contributed by atoms with E-state index >= 15 is 0 Å². The Morgan fingerprint density at radius 1 is 0.905 bits per heavy atom. The van der Waals surface area contributed by atoms with Gasteiger partial charge in [-0.3, -0.25) is 0 Å². The molecule has 0 aliphatic rings. The van der Waals surface area contributed by atoms with Gasteiger partial charge in [0.25, 0.3) is 0 Å². The maximum absolute atomic E-state index is 5.63. The molecule has 2 aromatic rings. The van der Waals surface area contributed by atoms with Crippen molar-refractivity contribution < 1.29 is 0 Å². The van der Waals surface area contributed by atoms with Crippen molar-refractivity contribution in [2.24, 2.45) is 5.92 Å². The van der Waals surface area contributed by atoms with Crippen LogP contribution in [0.1, 0.15) is 33.6 Å². The zero-order valence-electron chi connectivity index (χ0n) is 13.0. The number of nitrogens with two attached hydrogens (primary N) is 1. The van der Waals surface area contributed by atoms with Crippen LogP contribution in [-0.2, 0) is 0 Å². The lowest BCUT2D eigenvalue weighted by atomic mass is 10.0. The van der Waals surface area contributed by atoms with E-state index in [1.807, 2.05) is 24.3 Å². The Labute approximate surface area is 127 Å². The highest BCUT2D eigenvalue weighted by Gasteiger charge is 2.03. The van der Waals surface area contributed by atoms with Crippen molar-refractivity contribution in [1.29, 1.82) is 0 Å². The summed E-state index contributed by atoms with van der Waals surface area (Å²) >= 11 is 0. The van der Waals surface area contributed by atoms with Gasteiger partial charge in [-0.15, -0.1) is 0 Å². The lowest BCUT2D eigenvalue weighted by Crippen LogP contribution is -2.15. The van der Waals surface area contributed by atoms with E-state index in [1.54, 1.807) is 0 Å². The average molecular weight is 287 g/mol. The fourth-order valence-electron chi connectivity index (χ4n) is 1.72. The molecule has 0 spiro atoms. The summed E-state index contributed by atoms with van der Waals surface area (Å²) < 4.78 is 0. The number of hydrogen-bond acceptors (Lipinski definition) is 5. The number of benzene rings is 1. The topological polar surface area (TPSA) is 76.7 Å². The van der Waals surface area contributed by atoms with Crippen molar-refractivity contribution in [1.82, 2.24) is 15.0 Å². The normalized spacial score (nSPS) is 11.4. The van der Waals surface area contributed by atoms with Gasteiger partial charge in [0, 0.05) is 17.4 Å². The average Bonchev–Trinajstić information content (AvgIpc) is 2.50. The summed E-state index contributed by atoms with van der Waals surface area (Å²) in [4.78, 5) is 10.7. The van der Waals surface area contributed by atoms with Crippen LogP contribution < -0.4 is 11.1 Å². The molecular formula is C16H25N5. The number of rotatable bonds is 5. The molecule has 0 saturated carbocycles. The highest BCUT2D eigenvalue weighted by atomic mass is 14.9. The highest BCUT2D eigenvalue weighted by molar-refractivity contribution is 5.51. The van der Waals surface area contributed by atoms with Crippen LogP contribution in [0.2, 0.25) is 0 Å². The first-order chi connectivity index (χ1) is 10.1. The fourth-order valence-corrected chi connectivity index (χ4v) is 1.72. The maximum atomic E-state index is 5.63. The number of aromatic nitrogens is 3. The van der Waals surface area contributed by atoms with Crippen molar-refractivity contribution in [3.8, 4) is 0 Å². The van der Waals surface area contributed by atoms with E-state index < -0.39 is 0 Å². The van der Waals surface area contributed by atoms with E-state index in [-0.39, 0.29) is 0 Å². The van der Waals surface area contributed by atoms with Gasteiger partial charge in [0.15, 0.2) is 0 Å². The molecule has 0 aliphatic heterocycles. The van der Waals surface area contributed by atoms with Gasteiger partial charge in [0.05, 0.1) is 0 Å². The van der Waals surface area contributed by atoms with Crippen LogP contribution in [0.5, 0.6) is 0 Å². The number of hydrogen-bond donors (Lipinski definition) is 2. The summed E-state index contributed by atoms with van der Waals surface area (Å²) in [5.41, 5.74) is 7.60. The first kappa shape index (κ1) is 16.9. The lowest BCUT2D eigenvalue weighted by molar-refractivity contribution is 0.528. The van der Waals surface area contributed by atoms with Crippen molar-refractivity contribution in [3.63, 3.8) is 0 Å². The SMILES string of the molecule is CC(C)CCC(C)Nc1ccc(N)cc1.c1ncncn1. The minimum absolute atomic E-state index is 0.524. The second-order valence-corrected chi connectivity index (χ2v) is 5.43. The van der Waals surface area contributed by atoms with Crippen LogP contribution in [0.3, 0.4) is 0 Å². The molecule has 1 unspecified atom stereocenters. The molecule has 21 heavy (non-hydrogen) atoms. The van der Waals surface area contributed by atoms with Crippen molar-refractivity contribution >= 4 is 11.4 Å². The zero-order valence-corrected chi connectivity index (χ0v) is 13.0. The molecule has 114 valence electrons. The molecule has 0 aliphatic carbocycles. The number of nitrogens with zero attached hydrogens (tertiary/aromatic N) is 3. The summed E-state index contributed by atoms with van der Waals surface area (Å²) in [6.45, 7) is 6.74. The van der Waals surface area contributed by atoms with E-state index in [1.165, 1.54) is 31.8 Å². The van der Waals surface area contributed by atoms with Gasteiger partial charge < -0.3 is 11.1 Å². The summed E-state index contributed by atoms with van der Waals surface area (Å²) in [6, 6.07) is 8.44. The Morgan fingerprint density at radius 2 is 1.43 bits per heavy atom. The second kappa shape index (κ2) is 9.69. The van der Waals surface area contributed by atoms with Gasteiger partial charge in [-0.2, -0.15) is 0 Å². The van der Waals surface area contributed by atoms with E-state index in [9.17, 15) is 0 Å². The van der Waals surface area contributed by atoms with Crippen LogP contribution in [0, 0.1) is 5.92 Å². The molecule has 0 bridgehead atoms. The first-order valence-electron chi connectivity index (χ1n) is 7.25. The van der Waals surface area contributed by atoms with Crippen LogP contribution in [0.4, 0.5) is 11.4 Å². The van der Waals surface area contributed by atoms with Crippen LogP contribution >= 0.6 is 0 Å². The van der Waals surface area contributed by atoms with Gasteiger partial charge in [-0.25, -0.2) is 15.0 Å². The van der Waals surface area contributed by atoms with Gasteiger partial charge in [-0.1, -0.05) is 13.8 Å². The molecule has 3 N–H and O–H groups in total. The maximum Gasteiger partial charge on any atom is 0.119 e. The predicted molar refractivity (Wildman–Crippen MR) is 87.8 cm³/mol. The highest BCUT2D eigenvalue weighted by Crippen LogP contribution is 2.14. The second-order valence-electron chi connectivity index (χ2n) is 5.43. The number of anilines is 2. The van der Waals surface area contributed by atoms with Gasteiger partial charge in [-0.05, 0) is 49.9 Å². The van der Waals surface area contributed by atoms with Crippen molar-refractivity contribution in [3.05, 3.63) is 43.2 Å². The molecule has 5 nitrogen and oxygen atoms in total. The molecule has 1 atom stereocenters. The van der Waals surface area contributed by atoms with Crippen LogP contribution in [-0.4, -0.2) is 21.0 Å². The zero-order chi connectivity index (χ0) is 15.5. The number of nitrogen functional groups attached to an aromatic ring is 1. The van der Waals surface area contributed by atoms with E-state index in [0.29, 0.717) is 6.04 Å². The van der Waals surface area contributed by atoms with Gasteiger partial charge >= 0.3 is 0 Å². The minimum atomic E-state index is 0.524. The largest absolute Gasteiger partial charge is 0.399 e. The third-order valence-electron chi connectivity index (χ3n) is 2.90. The molecule has 0 fully saturated rings. The fraction of sp³-hybridized carbons (Fsp3) is 0.438. The Kier molecular flexibility index (Phi) is 7.79. The summed E-state index contributed by atoms with van der Waals surface area (Å²) in [7, 11) is 0. The van der Waals surface area contributed by atoms with Crippen LogP contribution in [0.15, 0.2) is 43.2 Å². The Balaban J connectivity index is 0.000000304. The van der Waals surface area contributed by atoms with E-state index in [0.717, 1.165) is 17.3 Å². The first-order valence-corrected chi connectivity index (χ1v) is 7.25. The molecular weight excluding hydrogens is 262 g/mol. The van der Waals surface area contributed by atoms with Crippen molar-refractivity contribution in [2.45, 2.75) is 39.7 Å². The van der Waals surface area contributed by atoms with E-state index in [2.05, 4.69) is 41.0 Å². The molecule has 0 amide bonds. The Morgan fingerprint density at radius 3 is 1.86 bits per heavy atom. The summed E-state index contributed by atoms with van der Waals surface area (Å²) in [5.74, 6) is 0.778. The molecule has 0 saturated heterocycles. The van der Waals surface area contributed by atoms with Crippen LogP contribution in [0.25, 0.3) is 0 Å². The minimum Gasteiger partial charge on any atom is -0.399 e.